The third-order valence-electron chi connectivity index (χ3n) is 6.36. The van der Waals surface area contributed by atoms with Gasteiger partial charge < -0.3 is 4.74 Å². The molecule has 3 heterocycles. The number of benzene rings is 1. The van der Waals surface area contributed by atoms with E-state index in [1.54, 1.807) is 18.1 Å². The number of hydrogen-bond acceptors (Lipinski definition) is 4. The van der Waals surface area contributed by atoms with Crippen molar-refractivity contribution in [3.63, 3.8) is 0 Å². The largest absolute Gasteiger partial charge is 0.497 e. The Labute approximate surface area is 161 Å². The van der Waals surface area contributed by atoms with E-state index < -0.39 is 17.2 Å². The van der Waals surface area contributed by atoms with Crippen molar-refractivity contribution in [1.29, 1.82) is 0 Å². The fourth-order valence-corrected chi connectivity index (χ4v) is 4.94. The topological polar surface area (TPSA) is 49.9 Å². The molecule has 1 saturated heterocycles. The molecule has 1 aromatic carbocycles. The first-order valence-corrected chi connectivity index (χ1v) is 9.83. The van der Waals surface area contributed by atoms with Gasteiger partial charge in [-0.3, -0.25) is 19.4 Å². The molecule has 2 atom stereocenters. The van der Waals surface area contributed by atoms with Gasteiger partial charge in [0.15, 0.2) is 0 Å². The Morgan fingerprint density at radius 1 is 1.11 bits per heavy atom. The van der Waals surface area contributed by atoms with Crippen LogP contribution in [-0.2, 0) is 4.79 Å². The standard InChI is InChI=1S/C22H28N2O3/c1-13-7-6-8-14(2)23(13)12-15-11-22(3,4)24-19-17(15)9-16(27-5)10-18(19)20(25)21(24)26/h9-11,13-14H,6-8,12H2,1-5H3/t13-,14+. The molecular formula is C22H28N2O3. The van der Waals surface area contributed by atoms with E-state index in [9.17, 15) is 9.59 Å². The second kappa shape index (κ2) is 6.20. The highest BCUT2D eigenvalue weighted by Crippen LogP contribution is 2.47. The molecule has 0 radical (unpaired) electrons. The van der Waals surface area contributed by atoms with Crippen LogP contribution in [0.5, 0.6) is 5.75 Å². The number of anilines is 1. The van der Waals surface area contributed by atoms with E-state index in [-0.39, 0.29) is 0 Å². The maximum absolute atomic E-state index is 12.7. The number of carbonyl (C=O) groups excluding carboxylic acids is 2. The average Bonchev–Trinajstić information content (AvgIpc) is 2.88. The van der Waals surface area contributed by atoms with Crippen LogP contribution in [0.2, 0.25) is 0 Å². The maximum atomic E-state index is 12.7. The van der Waals surface area contributed by atoms with Crippen molar-refractivity contribution < 1.29 is 14.3 Å². The Hall–Kier alpha value is -2.14. The van der Waals surface area contributed by atoms with Crippen LogP contribution in [0.25, 0.3) is 5.57 Å². The van der Waals surface area contributed by atoms with Crippen LogP contribution in [-0.4, -0.2) is 47.9 Å². The van der Waals surface area contributed by atoms with Crippen LogP contribution < -0.4 is 9.64 Å². The molecule has 3 aliphatic heterocycles. The van der Waals surface area contributed by atoms with Crippen molar-refractivity contribution in [2.45, 2.75) is 64.6 Å². The minimum absolute atomic E-state index is 0.437. The summed E-state index contributed by atoms with van der Waals surface area (Å²) in [5, 5.41) is 0. The molecule has 144 valence electrons. The molecule has 0 spiro atoms. The van der Waals surface area contributed by atoms with Gasteiger partial charge in [-0.05, 0) is 58.2 Å². The molecule has 0 saturated carbocycles. The highest BCUT2D eigenvalue weighted by molar-refractivity contribution is 6.53. The first-order chi connectivity index (χ1) is 12.7. The van der Waals surface area contributed by atoms with Gasteiger partial charge in [0.05, 0.1) is 23.9 Å². The SMILES string of the molecule is COc1cc2c3c(c1)C(CN1[C@H](C)CCC[C@@H]1C)=CC(C)(C)N3C(=O)C2=O. The molecule has 0 unspecified atom stereocenters. The molecular weight excluding hydrogens is 340 g/mol. The number of carbonyl (C=O) groups is 2. The van der Waals surface area contributed by atoms with Gasteiger partial charge in [-0.1, -0.05) is 12.5 Å². The van der Waals surface area contributed by atoms with Crippen LogP contribution >= 0.6 is 0 Å². The molecule has 0 aliphatic carbocycles. The molecule has 1 aromatic rings. The first-order valence-electron chi connectivity index (χ1n) is 9.83. The summed E-state index contributed by atoms with van der Waals surface area (Å²) >= 11 is 0. The lowest BCUT2D eigenvalue weighted by molar-refractivity contribution is -0.115. The van der Waals surface area contributed by atoms with E-state index in [2.05, 4.69) is 24.8 Å². The molecule has 5 heteroatoms. The van der Waals surface area contributed by atoms with Crippen LogP contribution in [0.4, 0.5) is 5.69 Å². The number of nitrogens with zero attached hydrogens (tertiary/aromatic N) is 2. The average molecular weight is 368 g/mol. The lowest BCUT2D eigenvalue weighted by Gasteiger charge is -2.43. The van der Waals surface area contributed by atoms with Crippen molar-refractivity contribution >= 4 is 23.0 Å². The number of Topliss-reactive ketones (excluding diaryl/α,β-unsaturated/α-hetero) is 1. The van der Waals surface area contributed by atoms with Crippen molar-refractivity contribution in [3.05, 3.63) is 29.3 Å². The number of rotatable bonds is 3. The van der Waals surface area contributed by atoms with Crippen LogP contribution in [0.3, 0.4) is 0 Å². The van der Waals surface area contributed by atoms with Crippen molar-refractivity contribution in [2.75, 3.05) is 18.6 Å². The molecule has 1 amide bonds. The van der Waals surface area contributed by atoms with E-state index >= 15 is 0 Å². The van der Waals surface area contributed by atoms with E-state index in [1.165, 1.54) is 24.8 Å². The van der Waals surface area contributed by atoms with Crippen molar-refractivity contribution in [3.8, 4) is 5.75 Å². The number of likely N-dealkylation sites (tertiary alicyclic amines) is 1. The van der Waals surface area contributed by atoms with Gasteiger partial charge in [-0.25, -0.2) is 0 Å². The predicted molar refractivity (Wildman–Crippen MR) is 106 cm³/mol. The normalized spacial score (nSPS) is 26.9. The van der Waals surface area contributed by atoms with Gasteiger partial charge >= 0.3 is 0 Å². The van der Waals surface area contributed by atoms with E-state index in [0.29, 0.717) is 23.4 Å². The summed E-state index contributed by atoms with van der Waals surface area (Å²) in [6, 6.07) is 4.72. The molecule has 1 fully saturated rings. The highest BCUT2D eigenvalue weighted by atomic mass is 16.5. The quantitative estimate of drug-likeness (QED) is 0.764. The smallest absolute Gasteiger partial charge is 0.300 e. The van der Waals surface area contributed by atoms with Gasteiger partial charge in [-0.15, -0.1) is 0 Å². The Bertz CT molecular complexity index is 845. The summed E-state index contributed by atoms with van der Waals surface area (Å²) in [5.74, 6) is -0.260. The predicted octanol–water partition coefficient (Wildman–Crippen LogP) is 3.66. The summed E-state index contributed by atoms with van der Waals surface area (Å²) in [5.41, 5.74) is 2.82. The number of methoxy groups -OCH3 is 1. The minimum Gasteiger partial charge on any atom is -0.497 e. The molecule has 0 bridgehead atoms. The number of piperidine rings is 1. The lowest BCUT2D eigenvalue weighted by Crippen LogP contribution is -2.49. The number of ether oxygens (including phenoxy) is 1. The summed E-state index contributed by atoms with van der Waals surface area (Å²) in [4.78, 5) is 29.5. The third-order valence-corrected chi connectivity index (χ3v) is 6.36. The Balaban J connectivity index is 1.84. The maximum Gasteiger partial charge on any atom is 0.300 e. The fraction of sp³-hybridized carbons (Fsp3) is 0.545. The molecule has 3 aliphatic rings. The molecule has 0 N–H and O–H groups in total. The molecule has 27 heavy (non-hydrogen) atoms. The zero-order valence-electron chi connectivity index (χ0n) is 16.8. The summed E-state index contributed by atoms with van der Waals surface area (Å²) in [6.45, 7) is 9.41. The van der Waals surface area contributed by atoms with Gasteiger partial charge in [0.25, 0.3) is 11.7 Å². The van der Waals surface area contributed by atoms with Crippen LogP contribution in [0.15, 0.2) is 18.2 Å². The second-order valence-electron chi connectivity index (χ2n) is 8.67. The second-order valence-corrected chi connectivity index (χ2v) is 8.67. The molecule has 0 aromatic heterocycles. The highest BCUT2D eigenvalue weighted by Gasteiger charge is 2.47. The lowest BCUT2D eigenvalue weighted by atomic mass is 9.86. The zero-order chi connectivity index (χ0) is 19.5. The van der Waals surface area contributed by atoms with Gasteiger partial charge in [-0.2, -0.15) is 0 Å². The monoisotopic (exact) mass is 368 g/mol. The van der Waals surface area contributed by atoms with Crippen LogP contribution in [0.1, 0.15) is 62.9 Å². The summed E-state index contributed by atoms with van der Waals surface area (Å²) in [6.07, 6.45) is 5.85. The number of ketones is 1. The Kier molecular flexibility index (Phi) is 4.18. The van der Waals surface area contributed by atoms with Crippen molar-refractivity contribution in [1.82, 2.24) is 4.90 Å². The number of hydrogen-bond donors (Lipinski definition) is 0. The van der Waals surface area contributed by atoms with Gasteiger partial charge in [0.1, 0.15) is 5.75 Å². The number of amides is 1. The van der Waals surface area contributed by atoms with E-state index in [4.69, 9.17) is 4.74 Å². The first kappa shape index (κ1) is 18.2. The van der Waals surface area contributed by atoms with E-state index in [0.717, 1.165) is 17.8 Å². The van der Waals surface area contributed by atoms with Crippen molar-refractivity contribution in [2.24, 2.45) is 0 Å². The third kappa shape index (κ3) is 2.71. The Morgan fingerprint density at radius 3 is 2.37 bits per heavy atom. The van der Waals surface area contributed by atoms with E-state index in [1.807, 2.05) is 19.9 Å². The minimum atomic E-state index is -0.531. The summed E-state index contributed by atoms with van der Waals surface area (Å²) < 4.78 is 5.43. The summed E-state index contributed by atoms with van der Waals surface area (Å²) in [7, 11) is 1.60. The molecule has 5 nitrogen and oxygen atoms in total. The van der Waals surface area contributed by atoms with Crippen LogP contribution in [0, 0.1) is 0 Å². The fourth-order valence-electron chi connectivity index (χ4n) is 4.94. The molecule has 4 rings (SSSR count). The van der Waals surface area contributed by atoms with Gasteiger partial charge in [0.2, 0.25) is 0 Å². The Morgan fingerprint density at radius 2 is 1.74 bits per heavy atom. The van der Waals surface area contributed by atoms with Gasteiger partial charge in [0, 0.05) is 24.2 Å². The zero-order valence-corrected chi connectivity index (χ0v) is 16.8.